The van der Waals surface area contributed by atoms with E-state index >= 15 is 0 Å². The zero-order valence-corrected chi connectivity index (χ0v) is 18.1. The van der Waals surface area contributed by atoms with E-state index in [1.54, 1.807) is 6.26 Å². The predicted octanol–water partition coefficient (Wildman–Crippen LogP) is 5.06. The molecule has 5 rings (SSSR count). The highest BCUT2D eigenvalue weighted by Gasteiger charge is 2.15. The van der Waals surface area contributed by atoms with E-state index in [0.29, 0.717) is 41.5 Å². The van der Waals surface area contributed by atoms with Crippen molar-refractivity contribution in [3.05, 3.63) is 86.4 Å². The SMILES string of the molecule is Cc1oc(-c2ccccc2)nc1CCOc1ccc(Cc2sc(=O)[nH]c2O)c2occc12. The highest BCUT2D eigenvalue weighted by atomic mass is 32.1. The van der Waals surface area contributed by atoms with Gasteiger partial charge in [-0.05, 0) is 31.2 Å². The van der Waals surface area contributed by atoms with Crippen LogP contribution in [0.2, 0.25) is 0 Å². The molecule has 0 amide bonds. The van der Waals surface area contributed by atoms with Crippen molar-refractivity contribution in [2.45, 2.75) is 19.8 Å². The zero-order valence-electron chi connectivity index (χ0n) is 17.3. The lowest BCUT2D eigenvalue weighted by Crippen LogP contribution is -2.03. The molecule has 0 atom stereocenters. The second kappa shape index (κ2) is 8.39. The summed E-state index contributed by atoms with van der Waals surface area (Å²) >= 11 is 0.988. The summed E-state index contributed by atoms with van der Waals surface area (Å²) in [6.45, 7) is 2.34. The fourth-order valence-electron chi connectivity index (χ4n) is 3.63. The number of furan rings is 1. The Balaban J connectivity index is 1.31. The minimum Gasteiger partial charge on any atom is -0.494 e. The molecule has 0 aliphatic heterocycles. The highest BCUT2D eigenvalue weighted by Crippen LogP contribution is 2.32. The van der Waals surface area contributed by atoms with E-state index in [0.717, 1.165) is 39.3 Å². The molecule has 0 unspecified atom stereocenters. The number of oxazole rings is 1. The number of aromatic nitrogens is 2. The molecule has 162 valence electrons. The fraction of sp³-hybridized carbons (Fsp3) is 0.167. The van der Waals surface area contributed by atoms with Gasteiger partial charge >= 0.3 is 4.87 Å². The molecule has 8 heteroatoms. The van der Waals surface area contributed by atoms with E-state index in [9.17, 15) is 9.90 Å². The van der Waals surface area contributed by atoms with Crippen molar-refractivity contribution in [3.63, 3.8) is 0 Å². The van der Waals surface area contributed by atoms with Gasteiger partial charge in [-0.2, -0.15) is 0 Å². The predicted molar refractivity (Wildman–Crippen MR) is 121 cm³/mol. The van der Waals surface area contributed by atoms with Crippen LogP contribution < -0.4 is 9.61 Å². The van der Waals surface area contributed by atoms with Gasteiger partial charge in [-0.3, -0.25) is 9.78 Å². The standard InChI is InChI=1S/C24H20N2O5S/c1-14-18(25-23(31-14)15-5-3-2-4-6-15)10-12-29-19-8-7-16(21-17(19)9-11-30-21)13-20-22(27)26-24(28)32-20/h2-9,11,27H,10,12-13H2,1H3,(H,26,28). The fourth-order valence-corrected chi connectivity index (χ4v) is 4.37. The Labute approximate surface area is 186 Å². The van der Waals surface area contributed by atoms with Gasteiger partial charge in [0.05, 0.1) is 28.8 Å². The first-order chi connectivity index (χ1) is 15.6. The second-order valence-electron chi connectivity index (χ2n) is 7.34. The van der Waals surface area contributed by atoms with Crippen LogP contribution in [0, 0.1) is 6.92 Å². The lowest BCUT2D eigenvalue weighted by Gasteiger charge is -2.09. The highest BCUT2D eigenvalue weighted by molar-refractivity contribution is 7.09. The number of H-pyrrole nitrogens is 1. The van der Waals surface area contributed by atoms with E-state index in [-0.39, 0.29) is 10.8 Å². The summed E-state index contributed by atoms with van der Waals surface area (Å²) in [4.78, 5) is 18.7. The van der Waals surface area contributed by atoms with Gasteiger partial charge in [0.2, 0.25) is 11.8 Å². The molecule has 0 saturated carbocycles. The maximum absolute atomic E-state index is 11.5. The number of aromatic hydroxyl groups is 1. The van der Waals surface area contributed by atoms with Crippen LogP contribution in [0.1, 0.15) is 21.9 Å². The summed E-state index contributed by atoms with van der Waals surface area (Å²) in [7, 11) is 0. The van der Waals surface area contributed by atoms with Crippen LogP contribution in [0.15, 0.2) is 68.4 Å². The summed E-state index contributed by atoms with van der Waals surface area (Å²) in [5, 5.41) is 10.7. The Morgan fingerprint density at radius 3 is 2.78 bits per heavy atom. The summed E-state index contributed by atoms with van der Waals surface area (Å²) in [6, 6.07) is 15.4. The van der Waals surface area contributed by atoms with Crippen LogP contribution in [0.5, 0.6) is 11.6 Å². The summed E-state index contributed by atoms with van der Waals surface area (Å²) in [6.07, 6.45) is 2.60. The average Bonchev–Trinajstić information content (AvgIpc) is 3.50. The maximum Gasteiger partial charge on any atom is 0.307 e. The third-order valence-corrected chi connectivity index (χ3v) is 6.09. The normalized spacial score (nSPS) is 11.3. The minimum atomic E-state index is -0.285. The first kappa shape index (κ1) is 20.1. The molecule has 5 aromatic rings. The third-order valence-electron chi connectivity index (χ3n) is 5.22. The van der Waals surface area contributed by atoms with E-state index in [1.165, 1.54) is 0 Å². The number of hydrogen-bond acceptors (Lipinski definition) is 7. The molecule has 3 aromatic heterocycles. The molecule has 0 spiro atoms. The number of ether oxygens (including phenoxy) is 1. The van der Waals surface area contributed by atoms with Gasteiger partial charge in [-0.25, -0.2) is 4.98 Å². The van der Waals surface area contributed by atoms with Crippen molar-refractivity contribution < 1.29 is 18.7 Å². The average molecular weight is 449 g/mol. The minimum absolute atomic E-state index is 0.0992. The van der Waals surface area contributed by atoms with Crippen molar-refractivity contribution in [1.29, 1.82) is 0 Å². The smallest absolute Gasteiger partial charge is 0.307 e. The molecule has 0 bridgehead atoms. The monoisotopic (exact) mass is 448 g/mol. The number of aromatic amines is 1. The molecule has 0 aliphatic carbocycles. The molecular weight excluding hydrogens is 428 g/mol. The lowest BCUT2D eigenvalue weighted by molar-refractivity contribution is 0.323. The van der Waals surface area contributed by atoms with Crippen LogP contribution in [0.25, 0.3) is 22.4 Å². The topological polar surface area (TPSA) is 101 Å². The zero-order chi connectivity index (χ0) is 22.1. The number of thiazole rings is 1. The number of nitrogens with one attached hydrogen (secondary N) is 1. The van der Waals surface area contributed by atoms with Crippen molar-refractivity contribution in [1.82, 2.24) is 9.97 Å². The quantitative estimate of drug-likeness (QED) is 0.361. The lowest BCUT2D eigenvalue weighted by atomic mass is 10.1. The Morgan fingerprint density at radius 1 is 1.16 bits per heavy atom. The molecule has 7 nitrogen and oxygen atoms in total. The van der Waals surface area contributed by atoms with E-state index in [2.05, 4.69) is 9.97 Å². The van der Waals surface area contributed by atoms with Crippen LogP contribution in [0.4, 0.5) is 0 Å². The van der Waals surface area contributed by atoms with Crippen molar-refractivity contribution in [2.24, 2.45) is 0 Å². The number of hydrogen-bond donors (Lipinski definition) is 2. The number of fused-ring (bicyclic) bond motifs is 1. The second-order valence-corrected chi connectivity index (χ2v) is 8.40. The molecule has 0 saturated heterocycles. The molecule has 0 radical (unpaired) electrons. The largest absolute Gasteiger partial charge is 0.494 e. The summed E-state index contributed by atoms with van der Waals surface area (Å²) in [5.41, 5.74) is 3.34. The number of aryl methyl sites for hydroxylation is 1. The Bertz CT molecular complexity index is 1430. The number of nitrogens with zero attached hydrogens (tertiary/aromatic N) is 1. The molecule has 32 heavy (non-hydrogen) atoms. The van der Waals surface area contributed by atoms with Crippen LogP contribution in [-0.2, 0) is 12.8 Å². The van der Waals surface area contributed by atoms with E-state index < -0.39 is 0 Å². The molecule has 0 aliphatic rings. The number of rotatable bonds is 7. The molecule has 0 fully saturated rings. The summed E-state index contributed by atoms with van der Waals surface area (Å²) < 4.78 is 17.5. The molecular formula is C24H20N2O5S. The van der Waals surface area contributed by atoms with Gasteiger partial charge in [0.25, 0.3) is 0 Å². The Kier molecular flexibility index (Phi) is 5.28. The van der Waals surface area contributed by atoms with Crippen molar-refractivity contribution >= 4 is 22.3 Å². The van der Waals surface area contributed by atoms with Crippen LogP contribution in [0.3, 0.4) is 0 Å². The van der Waals surface area contributed by atoms with Crippen molar-refractivity contribution in [2.75, 3.05) is 6.61 Å². The van der Waals surface area contributed by atoms with Crippen LogP contribution >= 0.6 is 11.3 Å². The first-order valence-corrected chi connectivity index (χ1v) is 10.9. The van der Waals surface area contributed by atoms with Gasteiger partial charge in [-0.1, -0.05) is 35.6 Å². The van der Waals surface area contributed by atoms with Crippen molar-refractivity contribution in [3.8, 4) is 23.1 Å². The van der Waals surface area contributed by atoms with Gasteiger partial charge < -0.3 is 18.7 Å². The number of benzene rings is 2. The van der Waals surface area contributed by atoms with E-state index in [1.807, 2.05) is 55.5 Å². The van der Waals surface area contributed by atoms with Crippen LogP contribution in [-0.4, -0.2) is 21.7 Å². The van der Waals surface area contributed by atoms with Gasteiger partial charge in [0.1, 0.15) is 17.1 Å². The molecule has 2 N–H and O–H groups in total. The van der Waals surface area contributed by atoms with Gasteiger partial charge in [0, 0.05) is 24.0 Å². The first-order valence-electron chi connectivity index (χ1n) is 10.1. The third kappa shape index (κ3) is 3.92. The Morgan fingerprint density at radius 2 is 2.00 bits per heavy atom. The van der Waals surface area contributed by atoms with Gasteiger partial charge in [-0.15, -0.1) is 0 Å². The van der Waals surface area contributed by atoms with E-state index in [4.69, 9.17) is 13.6 Å². The maximum atomic E-state index is 11.5. The molecule has 3 heterocycles. The Hall–Kier alpha value is -3.78. The van der Waals surface area contributed by atoms with Gasteiger partial charge in [0.15, 0.2) is 0 Å². The summed E-state index contributed by atoms with van der Waals surface area (Å²) in [5.74, 6) is 1.99. The molecule has 2 aromatic carbocycles.